The second-order valence-electron chi connectivity index (χ2n) is 8.30. The Morgan fingerprint density at radius 3 is 2.42 bits per heavy atom. The molecule has 1 aliphatic heterocycles. The number of alkyl halides is 3. The molecule has 0 aliphatic carbocycles. The van der Waals surface area contributed by atoms with Crippen molar-refractivity contribution in [2.24, 2.45) is 0 Å². The molecule has 0 unspecified atom stereocenters. The molecule has 2 aromatic rings. The van der Waals surface area contributed by atoms with Crippen LogP contribution < -0.4 is 4.74 Å². The minimum Gasteiger partial charge on any atom is -0.508 e. The Balaban J connectivity index is 2.15. The first kappa shape index (κ1) is 22.8. The number of hydrogen-bond acceptors (Lipinski definition) is 5. The number of nitrogens with zero attached hydrogens (tertiary/aromatic N) is 1. The maximum Gasteiger partial charge on any atom is 0.421 e. The lowest BCUT2D eigenvalue weighted by Gasteiger charge is -2.40. The highest BCUT2D eigenvalue weighted by molar-refractivity contribution is 6.26. The fourth-order valence-corrected chi connectivity index (χ4v) is 3.65. The van der Waals surface area contributed by atoms with Crippen molar-refractivity contribution in [3.8, 4) is 11.6 Å². The zero-order chi connectivity index (χ0) is 23.2. The van der Waals surface area contributed by atoms with Gasteiger partial charge in [0.1, 0.15) is 28.3 Å². The molecule has 0 bridgehead atoms. The van der Waals surface area contributed by atoms with Gasteiger partial charge in [0, 0.05) is 6.20 Å². The number of pyridine rings is 1. The van der Waals surface area contributed by atoms with E-state index in [0.717, 1.165) is 11.6 Å². The van der Waals surface area contributed by atoms with E-state index in [-0.39, 0.29) is 17.1 Å². The van der Waals surface area contributed by atoms with Crippen LogP contribution in [0, 0.1) is 0 Å². The van der Waals surface area contributed by atoms with Crippen molar-refractivity contribution in [3.63, 3.8) is 0 Å². The van der Waals surface area contributed by atoms with Crippen LogP contribution in [0.5, 0.6) is 11.6 Å². The molecule has 1 N–H and O–H groups in total. The van der Waals surface area contributed by atoms with Gasteiger partial charge in [-0.2, -0.15) is 13.2 Å². The molecule has 0 saturated carbocycles. The lowest BCUT2D eigenvalue weighted by Crippen LogP contribution is -2.49. The van der Waals surface area contributed by atoms with E-state index in [1.165, 1.54) is 24.4 Å². The van der Waals surface area contributed by atoms with Crippen molar-refractivity contribution in [1.82, 2.24) is 4.98 Å². The summed E-state index contributed by atoms with van der Waals surface area (Å²) in [6, 6.07) is 6.67. The van der Waals surface area contributed by atoms with E-state index in [0.29, 0.717) is 12.0 Å². The molecule has 8 heteroatoms. The van der Waals surface area contributed by atoms with Crippen molar-refractivity contribution in [2.45, 2.75) is 58.4 Å². The lowest BCUT2D eigenvalue weighted by atomic mass is 9.81. The van der Waals surface area contributed by atoms with E-state index in [9.17, 15) is 23.1 Å². The summed E-state index contributed by atoms with van der Waals surface area (Å²) in [6.07, 6.45) is -2.91. The van der Waals surface area contributed by atoms with Gasteiger partial charge in [-0.3, -0.25) is 4.79 Å². The SMILES string of the molecule is CCc1ccc(Oc2ncccc2C(F)(F)F)cc1C1=C(O)C(C)(C)OC(C)(C)C1=O. The third-order valence-corrected chi connectivity index (χ3v) is 5.11. The zero-order valence-electron chi connectivity index (χ0n) is 17.9. The molecule has 3 rings (SSSR count). The Bertz CT molecular complexity index is 1060. The fraction of sp³-hybridized carbons (Fsp3) is 0.391. The number of ketones is 1. The monoisotopic (exact) mass is 435 g/mol. The first-order chi connectivity index (χ1) is 14.3. The molecule has 0 atom stereocenters. The number of aliphatic hydroxyl groups is 1. The molecule has 1 aromatic heterocycles. The first-order valence-electron chi connectivity index (χ1n) is 9.80. The number of ether oxygens (including phenoxy) is 2. The Labute approximate surface area is 178 Å². The largest absolute Gasteiger partial charge is 0.508 e. The summed E-state index contributed by atoms with van der Waals surface area (Å²) in [6.45, 7) is 8.38. The Morgan fingerprint density at radius 1 is 1.13 bits per heavy atom. The number of aromatic nitrogens is 1. The van der Waals surface area contributed by atoms with E-state index in [4.69, 9.17) is 9.47 Å². The summed E-state index contributed by atoms with van der Waals surface area (Å²) in [7, 11) is 0. The number of Topliss-reactive ketones (excluding diaryl/α,β-unsaturated/α-hetero) is 1. The van der Waals surface area contributed by atoms with Crippen LogP contribution in [0.4, 0.5) is 13.2 Å². The molecule has 0 saturated heterocycles. The van der Waals surface area contributed by atoms with E-state index in [1.54, 1.807) is 33.8 Å². The summed E-state index contributed by atoms with van der Waals surface area (Å²) in [5, 5.41) is 10.8. The maximum absolute atomic E-state index is 13.3. The molecular formula is C23H24F3NO4. The Morgan fingerprint density at radius 2 is 1.81 bits per heavy atom. The fourth-order valence-electron chi connectivity index (χ4n) is 3.65. The highest BCUT2D eigenvalue weighted by Gasteiger charge is 2.47. The molecular weight excluding hydrogens is 411 g/mol. The number of aryl methyl sites for hydroxylation is 1. The Hall–Kier alpha value is -2.87. The Kier molecular flexibility index (Phi) is 5.65. The average Bonchev–Trinajstić information content (AvgIpc) is 2.66. The van der Waals surface area contributed by atoms with Gasteiger partial charge in [0.15, 0.2) is 5.78 Å². The van der Waals surface area contributed by atoms with Crippen molar-refractivity contribution < 1.29 is 32.5 Å². The highest BCUT2D eigenvalue weighted by atomic mass is 19.4. The van der Waals surface area contributed by atoms with Gasteiger partial charge in [0.2, 0.25) is 5.88 Å². The normalized spacial score (nSPS) is 18.3. The van der Waals surface area contributed by atoms with Crippen LogP contribution in [0.1, 0.15) is 51.3 Å². The standard InChI is InChI=1S/C23H24F3NO4/c1-6-13-9-10-14(30-20-16(23(24,25)26)8-7-11-27-20)12-15(13)17-18(28)21(2,3)31-22(4,5)19(17)29/h7-12,28H,6H2,1-5H3. The van der Waals surface area contributed by atoms with E-state index in [1.807, 2.05) is 6.92 Å². The molecule has 1 aromatic carbocycles. The summed E-state index contributed by atoms with van der Waals surface area (Å²) in [4.78, 5) is 16.8. The van der Waals surface area contributed by atoms with Crippen LogP contribution >= 0.6 is 0 Å². The van der Waals surface area contributed by atoms with Crippen molar-refractivity contribution in [1.29, 1.82) is 0 Å². The second-order valence-corrected chi connectivity index (χ2v) is 8.30. The number of carbonyl (C=O) groups is 1. The van der Waals surface area contributed by atoms with Gasteiger partial charge in [-0.25, -0.2) is 4.98 Å². The number of rotatable bonds is 4. The topological polar surface area (TPSA) is 68.7 Å². The summed E-state index contributed by atoms with van der Waals surface area (Å²) < 4.78 is 51.1. The predicted molar refractivity (Wildman–Crippen MR) is 109 cm³/mol. The van der Waals surface area contributed by atoms with Crippen LogP contribution in [-0.2, 0) is 22.1 Å². The third-order valence-electron chi connectivity index (χ3n) is 5.11. The molecule has 0 fully saturated rings. The summed E-state index contributed by atoms with van der Waals surface area (Å²) >= 11 is 0. The number of aliphatic hydroxyl groups excluding tert-OH is 1. The smallest absolute Gasteiger partial charge is 0.421 e. The van der Waals surface area contributed by atoms with Gasteiger partial charge in [0.05, 0.1) is 5.57 Å². The predicted octanol–water partition coefficient (Wildman–Crippen LogP) is 5.88. The van der Waals surface area contributed by atoms with Gasteiger partial charge in [-0.15, -0.1) is 0 Å². The van der Waals surface area contributed by atoms with E-state index in [2.05, 4.69) is 4.98 Å². The van der Waals surface area contributed by atoms with Crippen LogP contribution in [0.3, 0.4) is 0 Å². The molecule has 166 valence electrons. The molecule has 31 heavy (non-hydrogen) atoms. The van der Waals surface area contributed by atoms with Gasteiger partial charge < -0.3 is 14.6 Å². The number of carbonyl (C=O) groups excluding carboxylic acids is 1. The van der Waals surface area contributed by atoms with Crippen LogP contribution in [0.15, 0.2) is 42.3 Å². The van der Waals surface area contributed by atoms with E-state index < -0.39 is 34.6 Å². The van der Waals surface area contributed by atoms with Gasteiger partial charge in [-0.05, 0) is 69.5 Å². The quantitative estimate of drug-likeness (QED) is 0.649. The van der Waals surface area contributed by atoms with Crippen LogP contribution in [0.2, 0.25) is 0 Å². The molecule has 5 nitrogen and oxygen atoms in total. The molecule has 0 radical (unpaired) electrons. The minimum atomic E-state index is -4.64. The lowest BCUT2D eigenvalue weighted by molar-refractivity contribution is -0.158. The van der Waals surface area contributed by atoms with Crippen LogP contribution in [0.25, 0.3) is 5.57 Å². The maximum atomic E-state index is 13.3. The average molecular weight is 435 g/mol. The second kappa shape index (κ2) is 7.67. The zero-order valence-corrected chi connectivity index (χ0v) is 17.9. The van der Waals surface area contributed by atoms with Gasteiger partial charge in [-0.1, -0.05) is 13.0 Å². The van der Waals surface area contributed by atoms with Crippen molar-refractivity contribution >= 4 is 11.4 Å². The third kappa shape index (κ3) is 4.30. The number of benzene rings is 1. The molecule has 2 heterocycles. The van der Waals surface area contributed by atoms with Crippen molar-refractivity contribution in [2.75, 3.05) is 0 Å². The highest BCUT2D eigenvalue weighted by Crippen LogP contribution is 2.42. The van der Waals surface area contributed by atoms with E-state index >= 15 is 0 Å². The summed E-state index contributed by atoms with van der Waals surface area (Å²) in [5.41, 5.74) is -2.15. The van der Waals surface area contributed by atoms with Crippen LogP contribution in [-0.4, -0.2) is 27.1 Å². The van der Waals surface area contributed by atoms with Gasteiger partial charge >= 0.3 is 6.18 Å². The first-order valence-corrected chi connectivity index (χ1v) is 9.80. The van der Waals surface area contributed by atoms with Crippen molar-refractivity contribution in [3.05, 3.63) is 59.0 Å². The molecule has 1 aliphatic rings. The summed E-state index contributed by atoms with van der Waals surface area (Å²) in [5.74, 6) is -1.20. The van der Waals surface area contributed by atoms with Gasteiger partial charge in [0.25, 0.3) is 0 Å². The minimum absolute atomic E-state index is 0.0617. The number of hydrogen-bond donors (Lipinski definition) is 1. The molecule has 0 amide bonds. The molecule has 0 spiro atoms. The number of halogens is 3.